The van der Waals surface area contributed by atoms with Crippen LogP contribution in [0.15, 0.2) is 0 Å². The number of aliphatic hydroxyl groups excluding tert-OH is 2. The fourth-order valence-electron chi connectivity index (χ4n) is 4.16. The summed E-state index contributed by atoms with van der Waals surface area (Å²) < 4.78 is 30.9. The number of ether oxygens (including phenoxy) is 6. The molecule has 42 heavy (non-hydrogen) atoms. The van der Waals surface area contributed by atoms with Gasteiger partial charge >= 0.3 is 23.9 Å². The molecule has 2 saturated heterocycles. The Morgan fingerprint density at radius 1 is 0.643 bits per heavy atom. The van der Waals surface area contributed by atoms with Crippen LogP contribution in [0.3, 0.4) is 0 Å². The van der Waals surface area contributed by atoms with E-state index in [1.54, 1.807) is 0 Å². The van der Waals surface area contributed by atoms with Gasteiger partial charge in [0.25, 0.3) is 0 Å². The minimum atomic E-state index is -0.356. The number of hydrogen-bond donors (Lipinski definition) is 2. The minimum absolute atomic E-state index is 0.0120. The fourth-order valence-corrected chi connectivity index (χ4v) is 4.16. The molecule has 244 valence electrons. The lowest BCUT2D eigenvalue weighted by Gasteiger charge is -2.21. The first-order valence-electron chi connectivity index (χ1n) is 14.7. The molecule has 0 bridgehead atoms. The van der Waals surface area contributed by atoms with Gasteiger partial charge in [0.1, 0.15) is 26.4 Å². The second-order valence-corrected chi connectivity index (χ2v) is 9.95. The van der Waals surface area contributed by atoms with Gasteiger partial charge in [0.15, 0.2) is 0 Å². The molecule has 0 amide bonds. The number of rotatable bonds is 20. The van der Waals surface area contributed by atoms with Crippen molar-refractivity contribution in [3.8, 4) is 0 Å². The number of aliphatic hydroxyl groups is 2. The smallest absolute Gasteiger partial charge is 0.307 e. The molecule has 2 unspecified atom stereocenters. The zero-order valence-electron chi connectivity index (χ0n) is 25.2. The molecule has 2 N–H and O–H groups in total. The molecule has 2 aliphatic rings. The highest BCUT2D eigenvalue weighted by atomic mass is 16.6. The molecular weight excluding hydrogens is 556 g/mol. The predicted octanol–water partition coefficient (Wildman–Crippen LogP) is -0.0878. The third-order valence-electron chi connectivity index (χ3n) is 6.43. The van der Waals surface area contributed by atoms with Gasteiger partial charge in [-0.2, -0.15) is 0 Å². The van der Waals surface area contributed by atoms with Crippen molar-refractivity contribution in [2.24, 2.45) is 0 Å². The third kappa shape index (κ3) is 20.5. The molecule has 2 rings (SSSR count). The van der Waals surface area contributed by atoms with Crippen LogP contribution in [-0.4, -0.2) is 148 Å². The number of nitrogens with zero attached hydrogens (tertiary/aromatic N) is 2. The van der Waals surface area contributed by atoms with Crippen LogP contribution in [0.1, 0.15) is 52.4 Å². The lowest BCUT2D eigenvalue weighted by molar-refractivity contribution is -0.148. The second kappa shape index (κ2) is 24.1. The molecule has 0 aromatic heterocycles. The maximum absolute atomic E-state index is 11.8. The van der Waals surface area contributed by atoms with Gasteiger partial charge in [0.2, 0.25) is 0 Å². The molecule has 0 aromatic carbocycles. The first-order valence-corrected chi connectivity index (χ1v) is 14.7. The van der Waals surface area contributed by atoms with E-state index in [-0.39, 0.29) is 75.4 Å². The Kier molecular flexibility index (Phi) is 21.6. The van der Waals surface area contributed by atoms with Crippen molar-refractivity contribution in [1.29, 1.82) is 0 Å². The van der Waals surface area contributed by atoms with E-state index < -0.39 is 0 Å². The molecule has 2 fully saturated rings. The molecular formula is C28H50N2O12. The Morgan fingerprint density at radius 2 is 1.05 bits per heavy atom. The molecule has 2 aliphatic heterocycles. The number of hydrogen-bond acceptors (Lipinski definition) is 14. The summed E-state index contributed by atoms with van der Waals surface area (Å²) in [7, 11) is 0. The van der Waals surface area contributed by atoms with Crippen molar-refractivity contribution in [3.05, 3.63) is 0 Å². The minimum Gasteiger partial charge on any atom is -0.465 e. The maximum Gasteiger partial charge on any atom is 0.307 e. The Balaban J connectivity index is 0.000000437. The van der Waals surface area contributed by atoms with Gasteiger partial charge < -0.3 is 38.6 Å². The average Bonchev–Trinajstić information content (AvgIpc) is 3.67. The van der Waals surface area contributed by atoms with Gasteiger partial charge in [-0.1, -0.05) is 0 Å². The summed E-state index contributed by atoms with van der Waals surface area (Å²) in [5.74, 6) is -1.27. The summed E-state index contributed by atoms with van der Waals surface area (Å²) in [6.45, 7) is 8.02. The summed E-state index contributed by atoms with van der Waals surface area (Å²) >= 11 is 0. The van der Waals surface area contributed by atoms with Crippen molar-refractivity contribution in [2.45, 2.75) is 64.6 Å². The Hall–Kier alpha value is -2.36. The standard InChI is InChI=1S/C16H27NO7.C12H23NO5/c1-13(18)21-10-7-17(8-11-22-14(2)19)6-5-16(20)24-12-15-4-3-9-23-15;14-7-5-13(6-8-15)4-3-12(16)18-10-11-2-1-9-17-11/h15H,3-12H2,1-2H3;11,14-15H,1-10H2. The normalized spacial score (nSPS) is 18.0. The van der Waals surface area contributed by atoms with Crippen LogP contribution in [0.5, 0.6) is 0 Å². The van der Waals surface area contributed by atoms with E-state index in [1.165, 1.54) is 13.8 Å². The SMILES string of the molecule is CC(=O)OCCN(CCOC(C)=O)CCC(=O)OCC1CCCO1.O=C(CCN(CCO)CCO)OCC1CCCO1. The zero-order valence-corrected chi connectivity index (χ0v) is 25.2. The van der Waals surface area contributed by atoms with E-state index in [1.807, 2.05) is 9.80 Å². The van der Waals surface area contributed by atoms with Gasteiger partial charge in [-0.3, -0.25) is 29.0 Å². The fraction of sp³-hybridized carbons (Fsp3) is 0.857. The molecule has 14 nitrogen and oxygen atoms in total. The molecule has 0 saturated carbocycles. The first-order chi connectivity index (χ1) is 20.2. The van der Waals surface area contributed by atoms with Crippen molar-refractivity contribution in [2.75, 3.05) is 92.1 Å². The number of carbonyl (C=O) groups excluding carboxylic acids is 4. The Morgan fingerprint density at radius 3 is 1.38 bits per heavy atom. The molecule has 2 atom stereocenters. The van der Waals surface area contributed by atoms with E-state index in [0.29, 0.717) is 52.5 Å². The predicted molar refractivity (Wildman–Crippen MR) is 149 cm³/mol. The molecule has 2 heterocycles. The monoisotopic (exact) mass is 606 g/mol. The third-order valence-corrected chi connectivity index (χ3v) is 6.43. The topological polar surface area (TPSA) is 171 Å². The van der Waals surface area contributed by atoms with Gasteiger partial charge in [-0.05, 0) is 25.7 Å². The molecule has 0 radical (unpaired) electrons. The van der Waals surface area contributed by atoms with Crippen LogP contribution >= 0.6 is 0 Å². The van der Waals surface area contributed by atoms with Crippen LogP contribution in [0.4, 0.5) is 0 Å². The van der Waals surface area contributed by atoms with E-state index in [0.717, 1.165) is 38.9 Å². The van der Waals surface area contributed by atoms with E-state index in [9.17, 15) is 19.2 Å². The van der Waals surface area contributed by atoms with Gasteiger partial charge in [-0.25, -0.2) is 0 Å². The number of carbonyl (C=O) groups is 4. The summed E-state index contributed by atoms with van der Waals surface area (Å²) in [6, 6.07) is 0. The summed E-state index contributed by atoms with van der Waals surface area (Å²) in [5.41, 5.74) is 0. The van der Waals surface area contributed by atoms with Gasteiger partial charge in [-0.15, -0.1) is 0 Å². The maximum atomic E-state index is 11.8. The van der Waals surface area contributed by atoms with E-state index in [2.05, 4.69) is 0 Å². The zero-order chi connectivity index (χ0) is 31.0. The second-order valence-electron chi connectivity index (χ2n) is 9.95. The van der Waals surface area contributed by atoms with Crippen molar-refractivity contribution in [3.63, 3.8) is 0 Å². The number of esters is 4. The Bertz CT molecular complexity index is 731. The van der Waals surface area contributed by atoms with Crippen molar-refractivity contribution in [1.82, 2.24) is 9.80 Å². The summed E-state index contributed by atoms with van der Waals surface area (Å²) in [6.07, 6.45) is 4.46. The quantitative estimate of drug-likeness (QED) is 0.139. The van der Waals surface area contributed by atoms with Crippen LogP contribution < -0.4 is 0 Å². The van der Waals surface area contributed by atoms with Crippen molar-refractivity contribution < 1.29 is 57.8 Å². The Labute approximate surface area is 248 Å². The molecule has 0 aliphatic carbocycles. The van der Waals surface area contributed by atoms with Gasteiger partial charge in [0.05, 0.1) is 38.3 Å². The van der Waals surface area contributed by atoms with Gasteiger partial charge in [0, 0.05) is 66.3 Å². The van der Waals surface area contributed by atoms with Crippen LogP contribution in [0, 0.1) is 0 Å². The van der Waals surface area contributed by atoms with E-state index >= 15 is 0 Å². The highest BCUT2D eigenvalue weighted by molar-refractivity contribution is 5.70. The highest BCUT2D eigenvalue weighted by Gasteiger charge is 2.19. The summed E-state index contributed by atoms with van der Waals surface area (Å²) in [4.78, 5) is 48.6. The molecule has 0 aromatic rings. The lowest BCUT2D eigenvalue weighted by atomic mass is 10.2. The van der Waals surface area contributed by atoms with Crippen molar-refractivity contribution >= 4 is 23.9 Å². The largest absolute Gasteiger partial charge is 0.465 e. The molecule has 14 heteroatoms. The molecule has 0 spiro atoms. The van der Waals surface area contributed by atoms with Crippen LogP contribution in [-0.2, 0) is 47.6 Å². The highest BCUT2D eigenvalue weighted by Crippen LogP contribution is 2.13. The average molecular weight is 607 g/mol. The first kappa shape index (κ1) is 37.7. The lowest BCUT2D eigenvalue weighted by Crippen LogP contribution is -2.34. The summed E-state index contributed by atoms with van der Waals surface area (Å²) in [5, 5.41) is 17.6. The van der Waals surface area contributed by atoms with Crippen LogP contribution in [0.25, 0.3) is 0 Å². The van der Waals surface area contributed by atoms with E-state index in [4.69, 9.17) is 38.6 Å². The van der Waals surface area contributed by atoms with Crippen LogP contribution in [0.2, 0.25) is 0 Å².